The number of nitrogens with zero attached hydrogens (tertiary/aromatic N) is 4. The Labute approximate surface area is 146 Å². The zero-order chi connectivity index (χ0) is 16.9. The second kappa shape index (κ2) is 7.66. The Kier molecular flexibility index (Phi) is 5.35. The standard InChI is InChI=1S/C17H22ClN5O/c1-2-23-16(20-12-21-23)11-19-17(24)22-9-5-7-14(22)10-13-6-3-4-8-15(13)18/h3-4,6,8,12,14H,2,5,7,9-11H2,1H3,(H,19,24)/t14-/m1/s1. The van der Waals surface area contributed by atoms with E-state index < -0.39 is 0 Å². The Balaban J connectivity index is 1.60. The third-order valence-electron chi connectivity index (χ3n) is 4.44. The molecule has 1 N–H and O–H groups in total. The summed E-state index contributed by atoms with van der Waals surface area (Å²) in [7, 11) is 0. The normalized spacial score (nSPS) is 17.2. The maximum absolute atomic E-state index is 12.6. The largest absolute Gasteiger partial charge is 0.331 e. The summed E-state index contributed by atoms with van der Waals surface area (Å²) >= 11 is 6.26. The summed E-state index contributed by atoms with van der Waals surface area (Å²) in [5.74, 6) is 0.771. The molecule has 128 valence electrons. The molecular weight excluding hydrogens is 326 g/mol. The molecule has 0 spiro atoms. The number of carbonyl (C=O) groups is 1. The van der Waals surface area contributed by atoms with Crippen molar-refractivity contribution in [3.63, 3.8) is 0 Å². The minimum absolute atomic E-state index is 0.0461. The van der Waals surface area contributed by atoms with Crippen LogP contribution in [0.15, 0.2) is 30.6 Å². The second-order valence-electron chi connectivity index (χ2n) is 5.94. The number of aryl methyl sites for hydroxylation is 1. The Morgan fingerprint density at radius 3 is 3.04 bits per heavy atom. The molecule has 3 rings (SSSR count). The van der Waals surface area contributed by atoms with Crippen molar-refractivity contribution in [3.05, 3.63) is 47.0 Å². The highest BCUT2D eigenvalue weighted by molar-refractivity contribution is 6.31. The Hall–Kier alpha value is -2.08. The molecule has 1 aliphatic rings. The summed E-state index contributed by atoms with van der Waals surface area (Å²) in [5.41, 5.74) is 1.09. The lowest BCUT2D eigenvalue weighted by Crippen LogP contribution is -2.43. The van der Waals surface area contributed by atoms with Crippen LogP contribution < -0.4 is 5.32 Å². The minimum atomic E-state index is -0.0461. The van der Waals surface area contributed by atoms with Crippen LogP contribution in [-0.4, -0.2) is 38.3 Å². The average Bonchev–Trinajstić information content (AvgIpc) is 3.23. The molecule has 0 unspecified atom stereocenters. The third-order valence-corrected chi connectivity index (χ3v) is 4.81. The number of carbonyl (C=O) groups excluding carboxylic acids is 1. The second-order valence-corrected chi connectivity index (χ2v) is 6.34. The van der Waals surface area contributed by atoms with Crippen molar-refractivity contribution in [1.82, 2.24) is 25.0 Å². The Morgan fingerprint density at radius 1 is 1.42 bits per heavy atom. The molecule has 0 bridgehead atoms. The van der Waals surface area contributed by atoms with E-state index in [0.717, 1.165) is 48.8 Å². The van der Waals surface area contributed by atoms with Crippen LogP contribution in [-0.2, 0) is 19.5 Å². The van der Waals surface area contributed by atoms with Crippen molar-refractivity contribution in [1.29, 1.82) is 0 Å². The lowest BCUT2D eigenvalue weighted by Gasteiger charge is -2.25. The molecule has 1 aromatic heterocycles. The fraction of sp³-hybridized carbons (Fsp3) is 0.471. The van der Waals surface area contributed by atoms with Gasteiger partial charge >= 0.3 is 6.03 Å². The van der Waals surface area contributed by atoms with E-state index in [1.165, 1.54) is 6.33 Å². The fourth-order valence-electron chi connectivity index (χ4n) is 3.18. The number of hydrogen-bond acceptors (Lipinski definition) is 3. The van der Waals surface area contributed by atoms with Crippen LogP contribution in [0.4, 0.5) is 4.79 Å². The molecule has 1 aromatic carbocycles. The van der Waals surface area contributed by atoms with Gasteiger partial charge in [-0.25, -0.2) is 14.5 Å². The van der Waals surface area contributed by atoms with E-state index in [2.05, 4.69) is 15.4 Å². The molecule has 6 nitrogen and oxygen atoms in total. The molecule has 0 aliphatic carbocycles. The molecule has 1 atom stereocenters. The van der Waals surface area contributed by atoms with Crippen LogP contribution in [0, 0.1) is 0 Å². The van der Waals surface area contributed by atoms with Gasteiger partial charge < -0.3 is 10.2 Å². The average molecular weight is 348 g/mol. The summed E-state index contributed by atoms with van der Waals surface area (Å²) in [6, 6.07) is 7.98. The number of aromatic nitrogens is 3. The van der Waals surface area contributed by atoms with Crippen LogP contribution >= 0.6 is 11.6 Å². The van der Waals surface area contributed by atoms with Crippen molar-refractivity contribution in [2.45, 2.75) is 45.3 Å². The number of likely N-dealkylation sites (tertiary alicyclic amines) is 1. The number of urea groups is 1. The third kappa shape index (κ3) is 3.70. The number of benzene rings is 1. The predicted octanol–water partition coefficient (Wildman–Crippen LogP) is 2.87. The number of hydrogen-bond donors (Lipinski definition) is 1. The van der Waals surface area contributed by atoms with Crippen LogP contribution in [0.3, 0.4) is 0 Å². The van der Waals surface area contributed by atoms with E-state index in [4.69, 9.17) is 11.6 Å². The molecule has 0 radical (unpaired) electrons. The molecule has 24 heavy (non-hydrogen) atoms. The summed E-state index contributed by atoms with van der Waals surface area (Å²) in [6.45, 7) is 3.91. The van der Waals surface area contributed by atoms with Gasteiger partial charge in [-0.1, -0.05) is 29.8 Å². The number of halogens is 1. The fourth-order valence-corrected chi connectivity index (χ4v) is 3.39. The van der Waals surface area contributed by atoms with Crippen LogP contribution in [0.1, 0.15) is 31.2 Å². The monoisotopic (exact) mass is 347 g/mol. The van der Waals surface area contributed by atoms with Gasteiger partial charge in [0.05, 0.1) is 6.54 Å². The maximum Gasteiger partial charge on any atom is 0.318 e. The van der Waals surface area contributed by atoms with E-state index in [0.29, 0.717) is 6.54 Å². The van der Waals surface area contributed by atoms with E-state index in [-0.39, 0.29) is 12.1 Å². The molecule has 1 saturated heterocycles. The minimum Gasteiger partial charge on any atom is -0.331 e. The first-order valence-corrected chi connectivity index (χ1v) is 8.71. The van der Waals surface area contributed by atoms with Gasteiger partial charge in [-0.2, -0.15) is 5.10 Å². The molecular formula is C17H22ClN5O. The smallest absolute Gasteiger partial charge is 0.318 e. The highest BCUT2D eigenvalue weighted by Crippen LogP contribution is 2.24. The van der Waals surface area contributed by atoms with Crippen LogP contribution in [0.2, 0.25) is 5.02 Å². The number of nitrogens with one attached hydrogen (secondary N) is 1. The summed E-state index contributed by atoms with van der Waals surface area (Å²) in [5, 5.41) is 7.84. The SMILES string of the molecule is CCn1ncnc1CNC(=O)N1CCC[C@@H]1Cc1ccccc1Cl. The number of amides is 2. The zero-order valence-electron chi connectivity index (χ0n) is 13.8. The van der Waals surface area contributed by atoms with Gasteiger partial charge in [0, 0.05) is 24.2 Å². The topological polar surface area (TPSA) is 63.1 Å². The van der Waals surface area contributed by atoms with Crippen LogP contribution in [0.5, 0.6) is 0 Å². The van der Waals surface area contributed by atoms with Gasteiger partial charge in [0.1, 0.15) is 12.2 Å². The Morgan fingerprint density at radius 2 is 2.25 bits per heavy atom. The van der Waals surface area contributed by atoms with E-state index in [1.54, 1.807) is 4.68 Å². The first-order chi connectivity index (χ1) is 11.7. The molecule has 2 heterocycles. The summed E-state index contributed by atoms with van der Waals surface area (Å²) in [4.78, 5) is 18.6. The molecule has 2 amide bonds. The first kappa shape index (κ1) is 16.8. The molecule has 1 aliphatic heterocycles. The number of rotatable bonds is 5. The maximum atomic E-state index is 12.6. The Bertz CT molecular complexity index is 702. The first-order valence-electron chi connectivity index (χ1n) is 8.33. The van der Waals surface area contributed by atoms with Gasteiger partial charge in [-0.05, 0) is 37.8 Å². The highest BCUT2D eigenvalue weighted by atomic mass is 35.5. The molecule has 0 saturated carbocycles. The zero-order valence-corrected chi connectivity index (χ0v) is 14.5. The quantitative estimate of drug-likeness (QED) is 0.904. The van der Waals surface area contributed by atoms with Gasteiger partial charge in [-0.15, -0.1) is 0 Å². The van der Waals surface area contributed by atoms with Gasteiger partial charge in [0.15, 0.2) is 0 Å². The molecule has 1 fully saturated rings. The van der Waals surface area contributed by atoms with Gasteiger partial charge in [-0.3, -0.25) is 0 Å². The van der Waals surface area contributed by atoms with Crippen molar-refractivity contribution < 1.29 is 4.79 Å². The lowest BCUT2D eigenvalue weighted by atomic mass is 10.0. The van der Waals surface area contributed by atoms with Crippen molar-refractivity contribution >= 4 is 17.6 Å². The summed E-state index contributed by atoms with van der Waals surface area (Å²) < 4.78 is 1.78. The van der Waals surface area contributed by atoms with Gasteiger partial charge in [0.2, 0.25) is 0 Å². The van der Waals surface area contributed by atoms with E-state index >= 15 is 0 Å². The predicted molar refractivity (Wildman–Crippen MR) is 92.8 cm³/mol. The van der Waals surface area contributed by atoms with Crippen molar-refractivity contribution in [2.24, 2.45) is 0 Å². The van der Waals surface area contributed by atoms with Gasteiger partial charge in [0.25, 0.3) is 0 Å². The van der Waals surface area contributed by atoms with E-state index in [9.17, 15) is 4.79 Å². The van der Waals surface area contributed by atoms with Crippen molar-refractivity contribution in [2.75, 3.05) is 6.54 Å². The van der Waals surface area contributed by atoms with Crippen molar-refractivity contribution in [3.8, 4) is 0 Å². The highest BCUT2D eigenvalue weighted by Gasteiger charge is 2.29. The van der Waals surface area contributed by atoms with E-state index in [1.807, 2.05) is 36.1 Å². The van der Waals surface area contributed by atoms with Crippen LogP contribution in [0.25, 0.3) is 0 Å². The molecule has 2 aromatic rings. The molecule has 7 heteroatoms. The lowest BCUT2D eigenvalue weighted by molar-refractivity contribution is 0.191. The summed E-state index contributed by atoms with van der Waals surface area (Å²) in [6.07, 6.45) is 4.33.